The number of halogens is 1. The maximum atomic E-state index is 12.4. The van der Waals surface area contributed by atoms with Crippen molar-refractivity contribution in [2.24, 2.45) is 0 Å². The van der Waals surface area contributed by atoms with E-state index in [4.69, 9.17) is 16.3 Å². The highest BCUT2D eigenvalue weighted by atomic mass is 35.5. The van der Waals surface area contributed by atoms with Gasteiger partial charge in [0.1, 0.15) is 11.8 Å². The molecule has 0 fully saturated rings. The number of esters is 1. The fourth-order valence-corrected chi connectivity index (χ4v) is 2.70. The van der Waals surface area contributed by atoms with Gasteiger partial charge in [-0.15, -0.1) is 0 Å². The van der Waals surface area contributed by atoms with E-state index in [9.17, 15) is 14.4 Å². The molecule has 0 N–H and O–H groups in total. The lowest BCUT2D eigenvalue weighted by Crippen LogP contribution is -2.44. The van der Waals surface area contributed by atoms with E-state index in [1.165, 1.54) is 6.92 Å². The van der Waals surface area contributed by atoms with E-state index in [1.54, 1.807) is 42.5 Å². The van der Waals surface area contributed by atoms with Crippen LogP contribution in [-0.4, -0.2) is 28.7 Å². The molecule has 0 saturated heterocycles. The van der Waals surface area contributed by atoms with E-state index in [0.29, 0.717) is 0 Å². The molecule has 0 radical (unpaired) electrons. The molecular weight excluding hydrogens is 330 g/mol. The number of hydrogen-bond donors (Lipinski definition) is 0. The second-order valence-electron chi connectivity index (χ2n) is 5.56. The number of carbonyl (C=O) groups excluding carboxylic acids is 3. The molecule has 3 rings (SSSR count). The van der Waals surface area contributed by atoms with E-state index in [0.717, 1.165) is 10.5 Å². The molecule has 1 aliphatic rings. The van der Waals surface area contributed by atoms with Crippen molar-refractivity contribution in [1.29, 1.82) is 0 Å². The molecule has 0 aliphatic carbocycles. The minimum atomic E-state index is -1.06. The summed E-state index contributed by atoms with van der Waals surface area (Å²) < 4.78 is 5.28. The second kappa shape index (κ2) is 6.09. The lowest BCUT2D eigenvalue weighted by molar-refractivity contribution is -0.138. The lowest BCUT2D eigenvalue weighted by atomic mass is 10.1. The molecule has 1 atom stereocenters. The first-order chi connectivity index (χ1) is 11.4. The summed E-state index contributed by atoms with van der Waals surface area (Å²) in [7, 11) is 0. The number of hydrogen-bond acceptors (Lipinski definition) is 4. The van der Waals surface area contributed by atoms with E-state index >= 15 is 0 Å². The third-order valence-corrected chi connectivity index (χ3v) is 4.16. The second-order valence-corrected chi connectivity index (χ2v) is 5.96. The molecule has 1 heterocycles. The predicted molar refractivity (Wildman–Crippen MR) is 88.2 cm³/mol. The van der Waals surface area contributed by atoms with Gasteiger partial charge in [-0.05, 0) is 43.7 Å². The Hall–Kier alpha value is -2.66. The number of nitrogens with zero attached hydrogens (tertiary/aromatic N) is 1. The molecule has 1 unspecified atom stereocenters. The smallest absolute Gasteiger partial charge is 0.334 e. The highest BCUT2D eigenvalue weighted by molar-refractivity contribution is 6.32. The molecule has 0 bridgehead atoms. The third kappa shape index (κ3) is 2.67. The Morgan fingerprint density at radius 3 is 2.25 bits per heavy atom. The normalized spacial score (nSPS) is 14.5. The van der Waals surface area contributed by atoms with Crippen LogP contribution in [0.5, 0.6) is 5.75 Å². The Morgan fingerprint density at radius 1 is 1.08 bits per heavy atom. The van der Waals surface area contributed by atoms with Gasteiger partial charge < -0.3 is 4.74 Å². The predicted octanol–water partition coefficient (Wildman–Crippen LogP) is 3.24. The van der Waals surface area contributed by atoms with E-state index in [2.05, 4.69) is 0 Å². The summed E-state index contributed by atoms with van der Waals surface area (Å²) in [6.07, 6.45) is 0. The number of amides is 2. The first-order valence-electron chi connectivity index (χ1n) is 7.35. The van der Waals surface area contributed by atoms with E-state index in [-0.39, 0.29) is 21.9 Å². The largest absolute Gasteiger partial charge is 0.423 e. The molecule has 0 saturated carbocycles. The van der Waals surface area contributed by atoms with Gasteiger partial charge in [0.2, 0.25) is 0 Å². The lowest BCUT2D eigenvalue weighted by Gasteiger charge is -2.21. The molecule has 2 aromatic rings. The van der Waals surface area contributed by atoms with Crippen LogP contribution < -0.4 is 4.74 Å². The highest BCUT2D eigenvalue weighted by Gasteiger charge is 2.41. The topological polar surface area (TPSA) is 63.7 Å². The SMILES string of the molecule is Cc1ccc(Cl)c(OC(=O)C(C)N2C(=O)c3ccccc3C2=O)c1. The van der Waals surface area contributed by atoms with Crippen molar-refractivity contribution in [3.05, 3.63) is 64.2 Å². The van der Waals surface area contributed by atoms with Gasteiger partial charge in [-0.2, -0.15) is 0 Å². The van der Waals surface area contributed by atoms with Gasteiger partial charge in [-0.25, -0.2) is 4.79 Å². The van der Waals surface area contributed by atoms with Crippen molar-refractivity contribution < 1.29 is 19.1 Å². The zero-order chi connectivity index (χ0) is 17.4. The van der Waals surface area contributed by atoms with Crippen molar-refractivity contribution in [1.82, 2.24) is 4.90 Å². The third-order valence-electron chi connectivity index (χ3n) is 3.85. The molecule has 2 aromatic carbocycles. The quantitative estimate of drug-likeness (QED) is 0.487. The van der Waals surface area contributed by atoms with Crippen molar-refractivity contribution >= 4 is 29.4 Å². The average molecular weight is 344 g/mol. The van der Waals surface area contributed by atoms with Crippen LogP contribution in [0.25, 0.3) is 0 Å². The monoisotopic (exact) mass is 343 g/mol. The summed E-state index contributed by atoms with van der Waals surface area (Å²) >= 11 is 6.01. The number of aryl methyl sites for hydroxylation is 1. The molecule has 0 spiro atoms. The zero-order valence-electron chi connectivity index (χ0n) is 13.1. The minimum Gasteiger partial charge on any atom is -0.423 e. The van der Waals surface area contributed by atoms with Gasteiger partial charge in [-0.1, -0.05) is 29.8 Å². The Bertz CT molecular complexity index is 827. The number of rotatable bonds is 3. The summed E-state index contributed by atoms with van der Waals surface area (Å²) in [4.78, 5) is 38.1. The van der Waals surface area contributed by atoms with Gasteiger partial charge in [0, 0.05) is 0 Å². The average Bonchev–Trinajstić information content (AvgIpc) is 2.82. The van der Waals surface area contributed by atoms with Crippen LogP contribution in [0.15, 0.2) is 42.5 Å². The summed E-state index contributed by atoms with van der Waals surface area (Å²) in [5.74, 6) is -1.53. The summed E-state index contributed by atoms with van der Waals surface area (Å²) in [5, 5.41) is 0.281. The summed E-state index contributed by atoms with van der Waals surface area (Å²) in [5.41, 5.74) is 1.45. The maximum absolute atomic E-state index is 12.4. The first-order valence-corrected chi connectivity index (χ1v) is 7.72. The fraction of sp³-hybridized carbons (Fsp3) is 0.167. The zero-order valence-corrected chi connectivity index (χ0v) is 13.8. The van der Waals surface area contributed by atoms with E-state index in [1.807, 2.05) is 6.92 Å². The van der Waals surface area contributed by atoms with Crippen LogP contribution >= 0.6 is 11.6 Å². The Kier molecular flexibility index (Phi) is 4.11. The van der Waals surface area contributed by atoms with Crippen LogP contribution in [0.4, 0.5) is 0 Å². The van der Waals surface area contributed by atoms with Gasteiger partial charge in [0.15, 0.2) is 0 Å². The molecule has 5 nitrogen and oxygen atoms in total. The first kappa shape index (κ1) is 16.2. The minimum absolute atomic E-state index is 0.199. The van der Waals surface area contributed by atoms with Crippen LogP contribution in [-0.2, 0) is 4.79 Å². The molecule has 1 aliphatic heterocycles. The van der Waals surface area contributed by atoms with Crippen molar-refractivity contribution in [3.8, 4) is 5.75 Å². The van der Waals surface area contributed by atoms with E-state index < -0.39 is 23.8 Å². The molecule has 24 heavy (non-hydrogen) atoms. The summed E-state index contributed by atoms with van der Waals surface area (Å²) in [6.45, 7) is 3.29. The number of fused-ring (bicyclic) bond motifs is 1. The van der Waals surface area contributed by atoms with Crippen LogP contribution in [0.1, 0.15) is 33.2 Å². The van der Waals surface area contributed by atoms with Crippen LogP contribution in [0.2, 0.25) is 5.02 Å². The van der Waals surface area contributed by atoms with Crippen LogP contribution in [0.3, 0.4) is 0 Å². The number of ether oxygens (including phenoxy) is 1. The Morgan fingerprint density at radius 2 is 1.67 bits per heavy atom. The molecular formula is C18H14ClNO4. The Balaban J connectivity index is 1.83. The number of carbonyl (C=O) groups is 3. The maximum Gasteiger partial charge on any atom is 0.334 e. The van der Waals surface area contributed by atoms with Gasteiger partial charge in [0.25, 0.3) is 11.8 Å². The molecule has 6 heteroatoms. The molecule has 0 aromatic heterocycles. The highest BCUT2D eigenvalue weighted by Crippen LogP contribution is 2.28. The summed E-state index contributed by atoms with van der Waals surface area (Å²) in [6, 6.07) is 10.4. The van der Waals surface area contributed by atoms with Crippen molar-refractivity contribution in [2.45, 2.75) is 19.9 Å². The number of imide groups is 1. The van der Waals surface area contributed by atoms with Crippen LogP contribution in [0, 0.1) is 6.92 Å². The van der Waals surface area contributed by atoms with Gasteiger partial charge >= 0.3 is 5.97 Å². The van der Waals surface area contributed by atoms with Crippen molar-refractivity contribution in [2.75, 3.05) is 0 Å². The molecule has 122 valence electrons. The van der Waals surface area contributed by atoms with Crippen molar-refractivity contribution in [3.63, 3.8) is 0 Å². The molecule has 2 amide bonds. The van der Waals surface area contributed by atoms with Gasteiger partial charge in [-0.3, -0.25) is 14.5 Å². The fourth-order valence-electron chi connectivity index (χ4n) is 2.55. The van der Waals surface area contributed by atoms with Gasteiger partial charge in [0.05, 0.1) is 16.1 Å². The number of benzene rings is 2. The Labute approximate surface area is 143 Å². The standard InChI is InChI=1S/C18H14ClNO4/c1-10-7-8-14(19)15(9-10)24-18(23)11(2)20-16(21)12-5-3-4-6-13(12)17(20)22/h3-9,11H,1-2H3.